The van der Waals surface area contributed by atoms with Crippen LogP contribution in [0.25, 0.3) is 122 Å². The maximum atomic E-state index is 12.6. The summed E-state index contributed by atoms with van der Waals surface area (Å²) in [6.45, 7) is 0. The highest BCUT2D eigenvalue weighted by atomic mass is 16.5. The first-order valence-electron chi connectivity index (χ1n) is 29.0. The van der Waals surface area contributed by atoms with Crippen LogP contribution in [0, 0.1) is 22.7 Å². The number of nitrogens with zero attached hydrogens (tertiary/aromatic N) is 8. The lowest BCUT2D eigenvalue weighted by Crippen LogP contribution is -2.34. The second kappa shape index (κ2) is 18.3. The first-order chi connectivity index (χ1) is 43.1. The molecule has 3 aliphatic rings. The lowest BCUT2D eigenvalue weighted by atomic mass is 9.75. The summed E-state index contributed by atoms with van der Waals surface area (Å²) < 4.78 is 12.8. The molecule has 0 atom stereocenters. The summed E-state index contributed by atoms with van der Waals surface area (Å²) in [5, 5.41) is 28.5. The van der Waals surface area contributed by atoms with Crippen molar-refractivity contribution in [3.63, 3.8) is 0 Å². The number of fused-ring (bicyclic) bond motifs is 19. The van der Waals surface area contributed by atoms with Gasteiger partial charge in [0.1, 0.15) is 45.9 Å². The molecule has 9 heteroatoms. The van der Waals surface area contributed by atoms with E-state index in [4.69, 9.17) is 24.7 Å². The Balaban J connectivity index is 1.09. The fourth-order valence-corrected chi connectivity index (χ4v) is 14.7. The summed E-state index contributed by atoms with van der Waals surface area (Å²) >= 11 is 0. The Bertz CT molecular complexity index is 4900. The zero-order chi connectivity index (χ0) is 57.5. The highest BCUT2D eigenvalue weighted by Gasteiger charge is 2.65. The predicted octanol–water partition coefficient (Wildman–Crippen LogP) is 17.4. The first kappa shape index (κ1) is 48.6. The highest BCUT2D eigenvalue weighted by molar-refractivity contribution is 6.12. The van der Waals surface area contributed by atoms with Gasteiger partial charge in [-0.15, -0.1) is 0 Å². The van der Waals surface area contributed by atoms with Crippen LogP contribution < -0.4 is 0 Å². The fraction of sp³-hybridized carbons (Fsp3) is 0.0256. The molecule has 0 radical (unpaired) electrons. The van der Waals surface area contributed by atoms with Crippen LogP contribution in [0.3, 0.4) is 0 Å². The molecule has 402 valence electrons. The molecular weight excluding hydrogens is 1060 g/mol. The van der Waals surface area contributed by atoms with Crippen molar-refractivity contribution < 1.29 is 4.74 Å². The third kappa shape index (κ3) is 6.58. The summed E-state index contributed by atoms with van der Waals surface area (Å²) in [6.07, 6.45) is 7.60. The molecule has 0 fully saturated rings. The zero-order valence-corrected chi connectivity index (χ0v) is 46.4. The summed E-state index contributed by atoms with van der Waals surface area (Å²) in [5.74, 6) is 0. The van der Waals surface area contributed by atoms with Crippen molar-refractivity contribution in [2.45, 2.75) is 11.2 Å². The summed E-state index contributed by atoms with van der Waals surface area (Å²) in [6, 6.07) is 89.1. The van der Waals surface area contributed by atoms with E-state index < -0.39 is 11.2 Å². The standard InChI is InChI=1S/C78H44N8O/c79-41-63-64(42-80)72(86-75-61(39-53(45-83-75)49-25-9-3-10-26-49)62-40-54(46-84-76(62)86)50-27-11-4-12-28-50)70-69(71(63)85-73-59(37-51(43-81-73)47-21-5-1-6-22-47)60-38-52(44-82-74(60)85)48-23-7-2-8-24-48)77(65-33-17-13-29-55(65)56-30-14-18-34-66(56)77)87-78(70)67-35-19-15-31-57(67)58-32-16-20-36-68(58)78/h1-40,43-46H. The molecule has 0 saturated heterocycles. The van der Waals surface area contributed by atoms with E-state index in [0.717, 1.165) is 111 Å². The van der Waals surface area contributed by atoms with Crippen LogP contribution in [0.5, 0.6) is 0 Å². The zero-order valence-electron chi connectivity index (χ0n) is 46.4. The van der Waals surface area contributed by atoms with Crippen LogP contribution >= 0.6 is 0 Å². The molecule has 87 heavy (non-hydrogen) atoms. The van der Waals surface area contributed by atoms with Crippen molar-refractivity contribution in [2.24, 2.45) is 0 Å². The minimum Gasteiger partial charge on any atom is -0.340 e. The number of hydrogen-bond donors (Lipinski definition) is 0. The predicted molar refractivity (Wildman–Crippen MR) is 342 cm³/mol. The van der Waals surface area contributed by atoms with E-state index in [0.29, 0.717) is 45.1 Å². The minimum absolute atomic E-state index is 0.117. The normalized spacial score (nSPS) is 13.6. The van der Waals surface area contributed by atoms with E-state index in [-0.39, 0.29) is 11.1 Å². The molecule has 15 aromatic rings. The van der Waals surface area contributed by atoms with Crippen LogP contribution in [-0.2, 0) is 15.9 Å². The molecule has 0 saturated carbocycles. The molecule has 9 nitrogen and oxygen atoms in total. The average molecular weight is 1110 g/mol. The number of nitriles is 2. The van der Waals surface area contributed by atoms with Gasteiger partial charge in [-0.1, -0.05) is 218 Å². The number of aromatic nitrogens is 6. The molecule has 9 aromatic carbocycles. The topological polar surface area (TPSA) is 118 Å². The number of rotatable bonds is 6. The quantitative estimate of drug-likeness (QED) is 0.163. The minimum atomic E-state index is -1.48. The number of pyridine rings is 4. The summed E-state index contributed by atoms with van der Waals surface area (Å²) in [5.41, 5.74) is 17.0. The molecule has 0 bridgehead atoms. The Morgan fingerprint density at radius 3 is 0.793 bits per heavy atom. The van der Waals surface area contributed by atoms with Crippen LogP contribution in [0.15, 0.2) is 267 Å². The SMILES string of the molecule is N#Cc1c(C#N)c(-n2c3ncc(-c4ccccc4)cc3c3cc(-c4ccccc4)cnc32)c2c(c1-n1c3ncc(-c4ccccc4)cc3c3cc(-c4ccccc4)cnc31)C1(OC23c2ccccc2-c2ccccc23)c2ccccc2-c2ccccc21. The monoisotopic (exact) mass is 1110 g/mol. The third-order valence-corrected chi connectivity index (χ3v) is 18.3. The van der Waals surface area contributed by atoms with Crippen molar-refractivity contribution in [1.29, 1.82) is 10.5 Å². The Kier molecular flexibility index (Phi) is 10.2. The van der Waals surface area contributed by atoms with E-state index >= 15 is 0 Å². The lowest BCUT2D eigenvalue weighted by Gasteiger charge is -2.34. The van der Waals surface area contributed by atoms with Crippen molar-refractivity contribution >= 4 is 44.1 Å². The van der Waals surface area contributed by atoms with Gasteiger partial charge >= 0.3 is 0 Å². The number of hydrogen-bond acceptors (Lipinski definition) is 7. The Labute approximate surface area is 499 Å². The van der Waals surface area contributed by atoms with E-state index in [9.17, 15) is 10.5 Å². The number of ether oxygens (including phenoxy) is 1. The Hall–Kier alpha value is -11.9. The van der Waals surface area contributed by atoms with Crippen molar-refractivity contribution in [3.05, 3.63) is 312 Å². The molecule has 7 heterocycles. The summed E-state index contributed by atoms with van der Waals surface area (Å²) in [4.78, 5) is 21.9. The van der Waals surface area contributed by atoms with Gasteiger partial charge in [0, 0.05) is 102 Å². The Morgan fingerprint density at radius 2 is 0.540 bits per heavy atom. The second-order valence-corrected chi connectivity index (χ2v) is 22.6. The third-order valence-electron chi connectivity index (χ3n) is 18.3. The molecular formula is C78H44N8O. The van der Waals surface area contributed by atoms with Gasteiger partial charge in [-0.3, -0.25) is 9.13 Å². The van der Waals surface area contributed by atoms with E-state index in [1.807, 2.05) is 97.6 Å². The molecule has 2 aliphatic carbocycles. The van der Waals surface area contributed by atoms with Crippen LogP contribution in [-0.4, -0.2) is 29.1 Å². The van der Waals surface area contributed by atoms with Crippen molar-refractivity contribution in [1.82, 2.24) is 29.1 Å². The van der Waals surface area contributed by atoms with Crippen molar-refractivity contribution in [3.8, 4) is 90.3 Å². The average Bonchev–Trinajstić information content (AvgIpc) is 1.48. The molecule has 0 unspecified atom stereocenters. The van der Waals surface area contributed by atoms with Gasteiger partial charge in [-0.05, 0) is 68.8 Å². The van der Waals surface area contributed by atoms with Gasteiger partial charge in [-0.25, -0.2) is 19.9 Å². The lowest BCUT2D eigenvalue weighted by molar-refractivity contribution is -0.0486. The van der Waals surface area contributed by atoms with Gasteiger partial charge in [0.15, 0.2) is 0 Å². The molecule has 1 aliphatic heterocycles. The first-order valence-corrected chi connectivity index (χ1v) is 29.0. The molecule has 0 N–H and O–H groups in total. The number of benzene rings is 9. The smallest absolute Gasteiger partial charge is 0.149 e. The maximum Gasteiger partial charge on any atom is 0.149 e. The maximum absolute atomic E-state index is 12.6. The molecule has 2 spiro atoms. The van der Waals surface area contributed by atoms with Gasteiger partial charge in [0.05, 0.1) is 22.5 Å². The van der Waals surface area contributed by atoms with Crippen LogP contribution in [0.1, 0.15) is 44.5 Å². The van der Waals surface area contributed by atoms with Crippen LogP contribution in [0.4, 0.5) is 0 Å². The summed E-state index contributed by atoms with van der Waals surface area (Å²) in [7, 11) is 0. The molecule has 0 amide bonds. The van der Waals surface area contributed by atoms with Crippen molar-refractivity contribution in [2.75, 3.05) is 0 Å². The molecule has 6 aromatic heterocycles. The van der Waals surface area contributed by atoms with Crippen LogP contribution in [0.2, 0.25) is 0 Å². The van der Waals surface area contributed by atoms with E-state index in [1.54, 1.807) is 0 Å². The van der Waals surface area contributed by atoms with Gasteiger partial charge < -0.3 is 4.74 Å². The van der Waals surface area contributed by atoms with Gasteiger partial charge in [0.2, 0.25) is 0 Å². The van der Waals surface area contributed by atoms with E-state index in [2.05, 4.69) is 191 Å². The largest absolute Gasteiger partial charge is 0.340 e. The highest BCUT2D eigenvalue weighted by Crippen LogP contribution is 2.70. The molecule has 18 rings (SSSR count). The second-order valence-electron chi connectivity index (χ2n) is 22.6. The van der Waals surface area contributed by atoms with Gasteiger partial charge in [-0.2, -0.15) is 10.5 Å². The fourth-order valence-electron chi connectivity index (χ4n) is 14.7. The van der Waals surface area contributed by atoms with E-state index in [1.165, 1.54) is 0 Å². The Morgan fingerprint density at radius 1 is 0.299 bits per heavy atom. The van der Waals surface area contributed by atoms with Gasteiger partial charge in [0.25, 0.3) is 0 Å².